The molecule has 0 unspecified atom stereocenters. The van der Waals surface area contributed by atoms with E-state index in [2.05, 4.69) is 15.3 Å². The van der Waals surface area contributed by atoms with Gasteiger partial charge in [-0.25, -0.2) is 14.8 Å². The first kappa shape index (κ1) is 15.1. The van der Waals surface area contributed by atoms with Gasteiger partial charge in [-0.15, -0.1) is 11.3 Å². The van der Waals surface area contributed by atoms with Gasteiger partial charge >= 0.3 is 5.97 Å². The smallest absolute Gasteiger partial charge is 0.354 e. The number of nitrogens with one attached hydrogen (secondary N) is 1. The summed E-state index contributed by atoms with van der Waals surface area (Å²) in [6.45, 7) is 5.62. The second kappa shape index (κ2) is 5.61. The fourth-order valence-corrected chi connectivity index (χ4v) is 2.55. The van der Waals surface area contributed by atoms with E-state index in [1.165, 1.54) is 29.5 Å². The van der Waals surface area contributed by atoms with E-state index in [-0.39, 0.29) is 11.4 Å². The maximum absolute atomic E-state index is 12.2. The minimum atomic E-state index is -1.17. The van der Waals surface area contributed by atoms with E-state index in [4.69, 9.17) is 5.11 Å². The molecule has 7 heteroatoms. The molecule has 0 bridgehead atoms. The van der Waals surface area contributed by atoms with Crippen molar-refractivity contribution < 1.29 is 14.7 Å². The average molecular weight is 305 g/mol. The minimum Gasteiger partial charge on any atom is -0.477 e. The standard InChI is InChI=1S/C14H15N3O3S/c1-8-7-15-13(21-8)14(2,3)17-11(18)9-5-4-6-10(16-9)12(19)20/h4-7H,1-3H3,(H,17,18)(H,19,20). The molecule has 0 aromatic carbocycles. The Labute approximate surface area is 125 Å². The molecule has 0 saturated heterocycles. The Morgan fingerprint density at radius 1 is 1.29 bits per heavy atom. The number of aryl methyl sites for hydroxylation is 1. The summed E-state index contributed by atoms with van der Waals surface area (Å²) in [5.74, 6) is -1.60. The number of carboxylic acids is 1. The fraction of sp³-hybridized carbons (Fsp3) is 0.286. The highest BCUT2D eigenvalue weighted by Gasteiger charge is 2.27. The van der Waals surface area contributed by atoms with Crippen LogP contribution < -0.4 is 5.32 Å². The largest absolute Gasteiger partial charge is 0.477 e. The summed E-state index contributed by atoms with van der Waals surface area (Å²) < 4.78 is 0. The van der Waals surface area contributed by atoms with Crippen molar-refractivity contribution in [1.82, 2.24) is 15.3 Å². The van der Waals surface area contributed by atoms with Crippen molar-refractivity contribution in [2.45, 2.75) is 26.3 Å². The predicted molar refractivity (Wildman–Crippen MR) is 78.5 cm³/mol. The zero-order valence-corrected chi connectivity index (χ0v) is 12.7. The minimum absolute atomic E-state index is 0.0660. The number of aromatic carboxylic acids is 1. The van der Waals surface area contributed by atoms with Crippen molar-refractivity contribution in [1.29, 1.82) is 0 Å². The van der Waals surface area contributed by atoms with E-state index in [0.717, 1.165) is 9.88 Å². The molecule has 0 spiro atoms. The molecule has 2 heterocycles. The van der Waals surface area contributed by atoms with Crippen LogP contribution >= 0.6 is 11.3 Å². The van der Waals surface area contributed by atoms with Gasteiger partial charge in [-0.1, -0.05) is 6.07 Å². The number of carbonyl (C=O) groups is 2. The van der Waals surface area contributed by atoms with E-state index in [1.807, 2.05) is 20.8 Å². The van der Waals surface area contributed by atoms with Crippen LogP contribution in [-0.2, 0) is 5.54 Å². The summed E-state index contributed by atoms with van der Waals surface area (Å²) in [7, 11) is 0. The summed E-state index contributed by atoms with van der Waals surface area (Å²) >= 11 is 1.50. The second-order valence-electron chi connectivity index (χ2n) is 5.07. The van der Waals surface area contributed by atoms with Crippen LogP contribution in [0.25, 0.3) is 0 Å². The number of pyridine rings is 1. The van der Waals surface area contributed by atoms with E-state index >= 15 is 0 Å². The Balaban J connectivity index is 2.21. The van der Waals surface area contributed by atoms with E-state index in [1.54, 1.807) is 6.20 Å². The molecule has 0 saturated carbocycles. The number of rotatable bonds is 4. The quantitative estimate of drug-likeness (QED) is 0.903. The van der Waals surface area contributed by atoms with Gasteiger partial charge in [0.2, 0.25) is 0 Å². The number of nitrogens with zero attached hydrogens (tertiary/aromatic N) is 2. The summed E-state index contributed by atoms with van der Waals surface area (Å²) in [5, 5.41) is 12.5. The van der Waals surface area contributed by atoms with Gasteiger partial charge in [0.15, 0.2) is 0 Å². The number of amides is 1. The number of carboxylic acid groups (broad SMARTS) is 1. The average Bonchev–Trinajstić information content (AvgIpc) is 2.86. The molecule has 1 amide bonds. The van der Waals surface area contributed by atoms with Gasteiger partial charge in [0.05, 0.1) is 5.54 Å². The molecule has 6 nitrogen and oxygen atoms in total. The number of hydrogen-bond donors (Lipinski definition) is 2. The lowest BCUT2D eigenvalue weighted by molar-refractivity contribution is 0.0690. The van der Waals surface area contributed by atoms with E-state index in [9.17, 15) is 9.59 Å². The van der Waals surface area contributed by atoms with Crippen molar-refractivity contribution in [2.75, 3.05) is 0 Å². The molecule has 21 heavy (non-hydrogen) atoms. The lowest BCUT2D eigenvalue weighted by Gasteiger charge is -2.23. The number of thiazole rings is 1. The first-order valence-corrected chi connectivity index (χ1v) is 7.07. The monoisotopic (exact) mass is 305 g/mol. The van der Waals surface area contributed by atoms with Gasteiger partial charge in [-0.05, 0) is 32.9 Å². The Morgan fingerprint density at radius 3 is 2.52 bits per heavy atom. The molecule has 0 aliphatic rings. The van der Waals surface area contributed by atoms with Crippen LogP contribution in [0.3, 0.4) is 0 Å². The highest BCUT2D eigenvalue weighted by atomic mass is 32.1. The van der Waals surface area contributed by atoms with Crippen molar-refractivity contribution in [3.63, 3.8) is 0 Å². The number of hydrogen-bond acceptors (Lipinski definition) is 5. The first-order chi connectivity index (χ1) is 9.79. The van der Waals surface area contributed by atoms with Crippen LogP contribution in [0.4, 0.5) is 0 Å². The summed E-state index contributed by atoms with van der Waals surface area (Å²) in [5.41, 5.74) is -0.751. The highest BCUT2D eigenvalue weighted by Crippen LogP contribution is 2.25. The topological polar surface area (TPSA) is 92.2 Å². The Bertz CT molecular complexity index is 694. The van der Waals surface area contributed by atoms with Crippen molar-refractivity contribution >= 4 is 23.2 Å². The van der Waals surface area contributed by atoms with Crippen LogP contribution in [0.1, 0.15) is 44.7 Å². The molecular weight excluding hydrogens is 290 g/mol. The lowest BCUT2D eigenvalue weighted by Crippen LogP contribution is -2.41. The van der Waals surface area contributed by atoms with Crippen molar-refractivity contribution in [2.24, 2.45) is 0 Å². The maximum atomic E-state index is 12.2. The van der Waals surface area contributed by atoms with Gasteiger partial charge in [0, 0.05) is 11.1 Å². The lowest BCUT2D eigenvalue weighted by atomic mass is 10.1. The van der Waals surface area contributed by atoms with Crippen LogP contribution in [0.2, 0.25) is 0 Å². The molecule has 2 aromatic heterocycles. The third-order valence-corrected chi connectivity index (χ3v) is 4.02. The molecule has 2 N–H and O–H groups in total. The second-order valence-corrected chi connectivity index (χ2v) is 6.30. The molecule has 0 aliphatic heterocycles. The Hall–Kier alpha value is -2.28. The fourth-order valence-electron chi connectivity index (χ4n) is 1.73. The van der Waals surface area contributed by atoms with Crippen LogP contribution in [0, 0.1) is 6.92 Å². The molecule has 2 aromatic rings. The third kappa shape index (κ3) is 3.43. The maximum Gasteiger partial charge on any atom is 0.354 e. The van der Waals surface area contributed by atoms with Gasteiger partial charge in [-0.2, -0.15) is 0 Å². The van der Waals surface area contributed by atoms with Crippen LogP contribution in [0.15, 0.2) is 24.4 Å². The highest BCUT2D eigenvalue weighted by molar-refractivity contribution is 7.11. The normalized spacial score (nSPS) is 11.2. The van der Waals surface area contributed by atoms with Gasteiger partial charge in [0.25, 0.3) is 5.91 Å². The zero-order chi connectivity index (χ0) is 15.6. The van der Waals surface area contributed by atoms with Gasteiger partial charge in [-0.3, -0.25) is 4.79 Å². The van der Waals surface area contributed by atoms with E-state index < -0.39 is 17.4 Å². The first-order valence-electron chi connectivity index (χ1n) is 6.25. The molecule has 0 aliphatic carbocycles. The SMILES string of the molecule is Cc1cnc(C(C)(C)NC(=O)c2cccc(C(=O)O)n2)s1. The summed E-state index contributed by atoms with van der Waals surface area (Å²) in [6.07, 6.45) is 1.75. The van der Waals surface area contributed by atoms with E-state index in [0.29, 0.717) is 0 Å². The third-order valence-electron chi connectivity index (χ3n) is 2.78. The number of aromatic nitrogens is 2. The number of carbonyl (C=O) groups excluding carboxylic acids is 1. The molecular formula is C14H15N3O3S. The van der Waals surface area contributed by atoms with Crippen molar-refractivity contribution in [3.8, 4) is 0 Å². The van der Waals surface area contributed by atoms with Crippen LogP contribution in [0.5, 0.6) is 0 Å². The Kier molecular flexibility index (Phi) is 4.04. The summed E-state index contributed by atoms with van der Waals surface area (Å²) in [4.78, 5) is 32.3. The van der Waals surface area contributed by atoms with Crippen molar-refractivity contribution in [3.05, 3.63) is 45.7 Å². The Morgan fingerprint density at radius 2 is 1.95 bits per heavy atom. The molecule has 0 radical (unpaired) electrons. The summed E-state index contributed by atoms with van der Waals surface area (Å²) in [6, 6.07) is 4.31. The molecule has 0 fully saturated rings. The van der Waals surface area contributed by atoms with Gasteiger partial charge < -0.3 is 10.4 Å². The molecule has 2 rings (SSSR count). The predicted octanol–water partition coefficient (Wildman–Crippen LogP) is 2.21. The molecule has 110 valence electrons. The molecule has 0 atom stereocenters. The zero-order valence-electron chi connectivity index (χ0n) is 11.9. The van der Waals surface area contributed by atoms with Crippen LogP contribution in [-0.4, -0.2) is 27.0 Å². The van der Waals surface area contributed by atoms with Gasteiger partial charge in [0.1, 0.15) is 16.4 Å².